The fourth-order valence-corrected chi connectivity index (χ4v) is 4.15. The van der Waals surface area contributed by atoms with Crippen molar-refractivity contribution in [2.45, 2.75) is 39.2 Å². The molecule has 1 aliphatic heterocycles. The predicted octanol–water partition coefficient (Wildman–Crippen LogP) is 4.62. The second-order valence-electron chi connectivity index (χ2n) is 8.24. The van der Waals surface area contributed by atoms with Crippen LogP contribution in [0.25, 0.3) is 11.0 Å². The molecule has 2 aromatic carbocycles. The Labute approximate surface area is 177 Å². The van der Waals surface area contributed by atoms with Crippen LogP contribution in [0.2, 0.25) is 0 Å². The van der Waals surface area contributed by atoms with Gasteiger partial charge in [-0.3, -0.25) is 4.79 Å². The number of methoxy groups -OCH3 is 2. The van der Waals surface area contributed by atoms with E-state index >= 15 is 0 Å². The van der Waals surface area contributed by atoms with Gasteiger partial charge in [0.25, 0.3) is 0 Å². The van der Waals surface area contributed by atoms with Crippen molar-refractivity contribution in [1.29, 1.82) is 0 Å². The minimum atomic E-state index is 0.0352. The second-order valence-corrected chi connectivity index (χ2v) is 8.24. The summed E-state index contributed by atoms with van der Waals surface area (Å²) in [7, 11) is 3.24. The number of benzene rings is 2. The van der Waals surface area contributed by atoms with E-state index in [1.54, 1.807) is 19.1 Å². The number of rotatable bonds is 7. The highest BCUT2D eigenvalue weighted by Crippen LogP contribution is 2.39. The molecule has 0 saturated carbocycles. The largest absolute Gasteiger partial charge is 0.497 e. The van der Waals surface area contributed by atoms with Crippen molar-refractivity contribution < 1.29 is 14.3 Å². The summed E-state index contributed by atoms with van der Waals surface area (Å²) < 4.78 is 13.2. The highest BCUT2D eigenvalue weighted by atomic mass is 16.5. The molecule has 30 heavy (non-hydrogen) atoms. The van der Waals surface area contributed by atoms with Crippen LogP contribution < -0.4 is 14.4 Å². The molecule has 0 aliphatic carbocycles. The zero-order chi connectivity index (χ0) is 21.3. The Morgan fingerprint density at radius 1 is 1.13 bits per heavy atom. The van der Waals surface area contributed by atoms with E-state index in [0.29, 0.717) is 30.4 Å². The number of hydrogen-bond donors (Lipinski definition) is 0. The molecule has 0 unspecified atom stereocenters. The van der Waals surface area contributed by atoms with E-state index in [4.69, 9.17) is 14.5 Å². The molecule has 0 N–H and O–H groups in total. The van der Waals surface area contributed by atoms with Gasteiger partial charge in [0.15, 0.2) is 0 Å². The normalized spacial score (nSPS) is 16.6. The Kier molecular flexibility index (Phi) is 5.66. The van der Waals surface area contributed by atoms with E-state index in [2.05, 4.69) is 24.5 Å². The minimum Gasteiger partial charge on any atom is -0.497 e. The van der Waals surface area contributed by atoms with Crippen LogP contribution in [-0.4, -0.2) is 36.2 Å². The Bertz CT molecular complexity index is 1060. The lowest BCUT2D eigenvalue weighted by molar-refractivity contribution is -0.117. The van der Waals surface area contributed by atoms with Crippen LogP contribution in [-0.2, 0) is 11.3 Å². The maximum absolute atomic E-state index is 13.0. The van der Waals surface area contributed by atoms with E-state index in [1.165, 1.54) is 0 Å². The summed E-state index contributed by atoms with van der Waals surface area (Å²) in [6.45, 7) is 5.94. The summed E-state index contributed by atoms with van der Waals surface area (Å²) >= 11 is 0. The third kappa shape index (κ3) is 3.74. The van der Waals surface area contributed by atoms with Gasteiger partial charge in [-0.15, -0.1) is 0 Å². The highest BCUT2D eigenvalue weighted by Gasteiger charge is 2.36. The maximum atomic E-state index is 13.0. The van der Waals surface area contributed by atoms with Gasteiger partial charge in [0, 0.05) is 31.5 Å². The van der Waals surface area contributed by atoms with Crippen LogP contribution in [0.4, 0.5) is 5.69 Å². The molecular weight excluding hydrogens is 378 g/mol. The molecule has 2 heterocycles. The molecule has 4 rings (SSSR count). The lowest BCUT2D eigenvalue weighted by Gasteiger charge is -2.20. The van der Waals surface area contributed by atoms with Crippen LogP contribution >= 0.6 is 0 Å². The number of aryl methyl sites for hydroxylation is 1. The fourth-order valence-electron chi connectivity index (χ4n) is 4.15. The molecule has 158 valence electrons. The van der Waals surface area contributed by atoms with Crippen LogP contribution in [0, 0.1) is 5.92 Å². The number of imidazole rings is 1. The van der Waals surface area contributed by atoms with Crippen LogP contribution in [0.3, 0.4) is 0 Å². The number of carbonyl (C=O) groups excluding carboxylic acids is 1. The van der Waals surface area contributed by atoms with E-state index < -0.39 is 0 Å². The van der Waals surface area contributed by atoms with E-state index in [9.17, 15) is 4.79 Å². The Morgan fingerprint density at radius 2 is 1.93 bits per heavy atom. The number of fused-ring (bicyclic) bond motifs is 1. The average molecular weight is 408 g/mol. The van der Waals surface area contributed by atoms with Crippen LogP contribution in [0.15, 0.2) is 42.5 Å². The van der Waals surface area contributed by atoms with E-state index in [0.717, 1.165) is 35.5 Å². The van der Waals surface area contributed by atoms with Gasteiger partial charge >= 0.3 is 0 Å². The molecule has 6 heteroatoms. The zero-order valence-corrected chi connectivity index (χ0v) is 18.1. The first-order valence-electron chi connectivity index (χ1n) is 10.5. The maximum Gasteiger partial charge on any atom is 0.227 e. The van der Waals surface area contributed by atoms with Gasteiger partial charge in [0.1, 0.15) is 17.3 Å². The monoisotopic (exact) mass is 407 g/mol. The summed E-state index contributed by atoms with van der Waals surface area (Å²) in [6, 6.07) is 13.8. The van der Waals surface area contributed by atoms with Gasteiger partial charge in [-0.05, 0) is 36.6 Å². The number of ether oxygens (including phenoxy) is 2. The van der Waals surface area contributed by atoms with Gasteiger partial charge in [-0.2, -0.15) is 0 Å². The first-order valence-corrected chi connectivity index (χ1v) is 10.5. The van der Waals surface area contributed by atoms with Gasteiger partial charge in [0.2, 0.25) is 5.91 Å². The summed E-state index contributed by atoms with van der Waals surface area (Å²) in [4.78, 5) is 19.8. The smallest absolute Gasteiger partial charge is 0.227 e. The standard InChI is InChI=1S/C24H29N3O3/c1-16(2)11-12-26-20-8-6-5-7-19(20)25-24(26)17-13-23(28)27(15-17)21-14-18(29-3)9-10-22(21)30-4/h5-10,14,16-17H,11-13,15H2,1-4H3/t17-/m1/s1. The van der Waals surface area contributed by atoms with Crippen molar-refractivity contribution in [1.82, 2.24) is 9.55 Å². The third-order valence-electron chi connectivity index (χ3n) is 5.78. The molecule has 1 atom stereocenters. The zero-order valence-electron chi connectivity index (χ0n) is 18.1. The predicted molar refractivity (Wildman–Crippen MR) is 118 cm³/mol. The van der Waals surface area contributed by atoms with Crippen LogP contribution in [0.1, 0.15) is 38.4 Å². The summed E-state index contributed by atoms with van der Waals surface area (Å²) in [5.41, 5.74) is 2.87. The van der Waals surface area contributed by atoms with E-state index in [-0.39, 0.29) is 11.8 Å². The van der Waals surface area contributed by atoms with E-state index in [1.807, 2.05) is 36.4 Å². The Hall–Kier alpha value is -3.02. The van der Waals surface area contributed by atoms with Crippen molar-refractivity contribution in [3.8, 4) is 11.5 Å². The quantitative estimate of drug-likeness (QED) is 0.573. The number of hydrogen-bond acceptors (Lipinski definition) is 4. The van der Waals surface area contributed by atoms with Crippen molar-refractivity contribution >= 4 is 22.6 Å². The molecule has 3 aromatic rings. The van der Waals surface area contributed by atoms with Crippen molar-refractivity contribution in [2.75, 3.05) is 25.7 Å². The average Bonchev–Trinajstić information content (AvgIpc) is 3.32. The number of carbonyl (C=O) groups is 1. The molecule has 0 spiro atoms. The molecule has 1 aromatic heterocycles. The SMILES string of the molecule is COc1ccc(OC)c(N2C[C@H](c3nc4ccccc4n3CCC(C)C)CC2=O)c1. The molecule has 1 aliphatic rings. The van der Waals surface area contributed by atoms with Crippen molar-refractivity contribution in [3.63, 3.8) is 0 Å². The topological polar surface area (TPSA) is 56.6 Å². The second kappa shape index (κ2) is 8.38. The number of nitrogens with zero attached hydrogens (tertiary/aromatic N) is 3. The Balaban J connectivity index is 1.69. The van der Waals surface area contributed by atoms with Gasteiger partial charge < -0.3 is 18.9 Å². The highest BCUT2D eigenvalue weighted by molar-refractivity contribution is 5.98. The summed E-state index contributed by atoms with van der Waals surface area (Å²) in [5.74, 6) is 3.07. The lowest BCUT2D eigenvalue weighted by atomic mass is 10.1. The molecule has 0 bridgehead atoms. The molecule has 1 fully saturated rings. The number of anilines is 1. The number of aromatic nitrogens is 2. The third-order valence-corrected chi connectivity index (χ3v) is 5.78. The minimum absolute atomic E-state index is 0.0352. The fraction of sp³-hybridized carbons (Fsp3) is 0.417. The lowest BCUT2D eigenvalue weighted by Crippen LogP contribution is -2.25. The summed E-state index contributed by atoms with van der Waals surface area (Å²) in [6.07, 6.45) is 1.51. The number of amides is 1. The van der Waals surface area contributed by atoms with Crippen molar-refractivity contribution in [2.24, 2.45) is 5.92 Å². The van der Waals surface area contributed by atoms with Crippen molar-refractivity contribution in [3.05, 3.63) is 48.3 Å². The molecule has 6 nitrogen and oxygen atoms in total. The van der Waals surface area contributed by atoms with Gasteiger partial charge in [-0.1, -0.05) is 26.0 Å². The van der Waals surface area contributed by atoms with Crippen LogP contribution in [0.5, 0.6) is 11.5 Å². The van der Waals surface area contributed by atoms with Gasteiger partial charge in [0.05, 0.1) is 30.9 Å². The molecular formula is C24H29N3O3. The Morgan fingerprint density at radius 3 is 2.67 bits per heavy atom. The first kappa shape index (κ1) is 20.3. The molecule has 1 amide bonds. The summed E-state index contributed by atoms with van der Waals surface area (Å²) in [5, 5.41) is 0. The first-order chi connectivity index (χ1) is 14.5. The molecule has 1 saturated heterocycles. The van der Waals surface area contributed by atoms with Gasteiger partial charge in [-0.25, -0.2) is 4.98 Å². The molecule has 0 radical (unpaired) electrons. The number of para-hydroxylation sites is 2.